The molecule has 0 saturated carbocycles. The molecule has 0 fully saturated rings. The molecule has 1 atom stereocenters. The van der Waals surface area contributed by atoms with Crippen LogP contribution in [0.3, 0.4) is 0 Å². The van der Waals surface area contributed by atoms with Gasteiger partial charge in [-0.1, -0.05) is 24.3 Å². The minimum atomic E-state index is -4.38. The van der Waals surface area contributed by atoms with Crippen LogP contribution in [0.2, 0.25) is 0 Å². The Morgan fingerprint density at radius 1 is 1.29 bits per heavy atom. The number of rotatable bonds is 5. The van der Waals surface area contributed by atoms with E-state index < -0.39 is 11.9 Å². The summed E-state index contributed by atoms with van der Waals surface area (Å²) in [6, 6.07) is 8.54. The second-order valence-corrected chi connectivity index (χ2v) is 7.48. The Balaban J connectivity index is 0.00000280. The smallest absolute Gasteiger partial charge is 0.356 e. The highest BCUT2D eigenvalue weighted by atomic mass is 127. The number of halogens is 4. The molecule has 28 heavy (non-hydrogen) atoms. The molecule has 3 rings (SSSR count). The molecule has 1 heterocycles. The van der Waals surface area contributed by atoms with Crippen LogP contribution in [0.25, 0.3) is 0 Å². The van der Waals surface area contributed by atoms with E-state index in [2.05, 4.69) is 44.9 Å². The average molecular weight is 524 g/mol. The SMILES string of the molecule is CN=C(NCCc1nc(C(F)(F)F)cs1)NCC1CCCc2ccccc21.I. The van der Waals surface area contributed by atoms with Crippen molar-refractivity contribution in [1.29, 1.82) is 0 Å². The van der Waals surface area contributed by atoms with Gasteiger partial charge in [0.1, 0.15) is 0 Å². The molecule has 1 aliphatic carbocycles. The number of alkyl halides is 3. The molecular weight excluding hydrogens is 500 g/mol. The van der Waals surface area contributed by atoms with Crippen molar-refractivity contribution >= 4 is 41.3 Å². The fourth-order valence-corrected chi connectivity index (χ4v) is 4.16. The van der Waals surface area contributed by atoms with E-state index in [0.29, 0.717) is 29.9 Å². The predicted molar refractivity (Wildman–Crippen MR) is 118 cm³/mol. The summed E-state index contributed by atoms with van der Waals surface area (Å²) in [6.07, 6.45) is -0.502. The van der Waals surface area contributed by atoms with Crippen LogP contribution in [-0.2, 0) is 19.0 Å². The zero-order chi connectivity index (χ0) is 19.3. The molecule has 0 bridgehead atoms. The third-order valence-corrected chi connectivity index (χ3v) is 5.62. The van der Waals surface area contributed by atoms with E-state index in [0.717, 1.165) is 36.1 Å². The summed E-state index contributed by atoms with van der Waals surface area (Å²) >= 11 is 1.03. The van der Waals surface area contributed by atoms with Gasteiger partial charge in [-0.15, -0.1) is 35.3 Å². The lowest BCUT2D eigenvalue weighted by molar-refractivity contribution is -0.140. The van der Waals surface area contributed by atoms with Crippen LogP contribution in [0, 0.1) is 0 Å². The normalized spacial score (nSPS) is 16.9. The molecule has 0 saturated heterocycles. The number of aliphatic imine (C=N–C) groups is 1. The first-order chi connectivity index (χ1) is 13.0. The Bertz CT molecular complexity index is 791. The first-order valence-electron chi connectivity index (χ1n) is 9.01. The van der Waals surface area contributed by atoms with Crippen LogP contribution in [0.4, 0.5) is 13.2 Å². The van der Waals surface area contributed by atoms with Gasteiger partial charge in [-0.3, -0.25) is 4.99 Å². The number of hydrogen-bond acceptors (Lipinski definition) is 3. The fraction of sp³-hybridized carbons (Fsp3) is 0.474. The number of hydrogen-bond donors (Lipinski definition) is 2. The van der Waals surface area contributed by atoms with E-state index in [1.165, 1.54) is 17.5 Å². The van der Waals surface area contributed by atoms with Crippen LogP contribution >= 0.6 is 35.3 Å². The lowest BCUT2D eigenvalue weighted by Gasteiger charge is -2.26. The largest absolute Gasteiger partial charge is 0.434 e. The summed E-state index contributed by atoms with van der Waals surface area (Å²) in [5, 5.41) is 8.01. The van der Waals surface area contributed by atoms with E-state index in [1.54, 1.807) is 7.05 Å². The highest BCUT2D eigenvalue weighted by Gasteiger charge is 2.33. The second-order valence-electron chi connectivity index (χ2n) is 6.54. The van der Waals surface area contributed by atoms with Gasteiger partial charge in [-0.25, -0.2) is 4.98 Å². The van der Waals surface area contributed by atoms with Gasteiger partial charge in [0.05, 0.1) is 5.01 Å². The molecule has 1 aromatic carbocycles. The average Bonchev–Trinajstić information content (AvgIpc) is 3.14. The molecule has 0 spiro atoms. The summed E-state index contributed by atoms with van der Waals surface area (Å²) < 4.78 is 37.8. The van der Waals surface area contributed by atoms with Crippen molar-refractivity contribution in [3.63, 3.8) is 0 Å². The highest BCUT2D eigenvalue weighted by Crippen LogP contribution is 2.31. The molecule has 9 heteroatoms. The lowest BCUT2D eigenvalue weighted by atomic mass is 9.83. The van der Waals surface area contributed by atoms with Crippen LogP contribution in [0.5, 0.6) is 0 Å². The molecule has 154 valence electrons. The fourth-order valence-electron chi connectivity index (χ4n) is 3.35. The van der Waals surface area contributed by atoms with Crippen molar-refractivity contribution in [2.24, 2.45) is 4.99 Å². The summed E-state index contributed by atoms with van der Waals surface area (Å²) in [7, 11) is 1.69. The maximum atomic E-state index is 12.6. The molecule has 1 aromatic heterocycles. The molecule has 1 unspecified atom stereocenters. The van der Waals surface area contributed by atoms with Gasteiger partial charge in [0.15, 0.2) is 11.7 Å². The molecule has 0 radical (unpaired) electrons. The Kier molecular flexibility index (Phi) is 8.54. The zero-order valence-corrected chi connectivity index (χ0v) is 18.7. The van der Waals surface area contributed by atoms with Gasteiger partial charge in [0.2, 0.25) is 0 Å². The number of thiazole rings is 1. The third-order valence-electron chi connectivity index (χ3n) is 4.71. The first-order valence-corrected chi connectivity index (χ1v) is 9.89. The number of guanidine groups is 1. The summed E-state index contributed by atoms with van der Waals surface area (Å²) in [4.78, 5) is 7.84. The van der Waals surface area contributed by atoms with E-state index in [-0.39, 0.29) is 24.0 Å². The van der Waals surface area contributed by atoms with E-state index in [4.69, 9.17) is 0 Å². The standard InChI is InChI=1S/C19H23F3N4S.HI/c1-23-18(24-10-9-17-26-16(12-27-17)19(20,21)22)25-11-14-7-4-6-13-5-2-3-8-15(13)14;/h2-3,5,8,12,14H,4,6-7,9-11H2,1H3,(H2,23,24,25);1H. The number of aryl methyl sites for hydroxylation is 1. The number of benzene rings is 1. The van der Waals surface area contributed by atoms with Crippen LogP contribution < -0.4 is 10.6 Å². The van der Waals surface area contributed by atoms with Crippen molar-refractivity contribution in [3.8, 4) is 0 Å². The molecular formula is C19H24F3IN4S. The second kappa shape index (κ2) is 10.4. The molecule has 2 N–H and O–H groups in total. The van der Waals surface area contributed by atoms with Gasteiger partial charge in [0, 0.05) is 37.9 Å². The summed E-state index contributed by atoms with van der Waals surface area (Å²) in [5.41, 5.74) is 2.00. The van der Waals surface area contributed by atoms with Crippen molar-refractivity contribution in [3.05, 3.63) is 51.5 Å². The highest BCUT2D eigenvalue weighted by molar-refractivity contribution is 14.0. The van der Waals surface area contributed by atoms with Crippen molar-refractivity contribution in [2.45, 2.75) is 37.8 Å². The zero-order valence-electron chi connectivity index (χ0n) is 15.6. The summed E-state index contributed by atoms with van der Waals surface area (Å²) in [5.74, 6) is 1.10. The van der Waals surface area contributed by atoms with Gasteiger partial charge in [-0.05, 0) is 30.4 Å². The maximum absolute atomic E-state index is 12.6. The topological polar surface area (TPSA) is 49.3 Å². The van der Waals surface area contributed by atoms with E-state index in [1.807, 2.05) is 0 Å². The van der Waals surface area contributed by atoms with Crippen molar-refractivity contribution in [2.75, 3.05) is 20.1 Å². The number of nitrogens with zero attached hydrogens (tertiary/aromatic N) is 2. The molecule has 0 aliphatic heterocycles. The molecule has 4 nitrogen and oxygen atoms in total. The van der Waals surface area contributed by atoms with Crippen LogP contribution in [0.15, 0.2) is 34.6 Å². The van der Waals surface area contributed by atoms with E-state index >= 15 is 0 Å². The quantitative estimate of drug-likeness (QED) is 0.342. The summed E-state index contributed by atoms with van der Waals surface area (Å²) in [6.45, 7) is 1.26. The molecule has 0 amide bonds. The monoisotopic (exact) mass is 524 g/mol. The lowest BCUT2D eigenvalue weighted by Crippen LogP contribution is -2.40. The van der Waals surface area contributed by atoms with Gasteiger partial charge >= 0.3 is 6.18 Å². The Morgan fingerprint density at radius 2 is 2.07 bits per heavy atom. The Labute approximate surface area is 184 Å². The maximum Gasteiger partial charge on any atom is 0.434 e. The Hall–Kier alpha value is -1.36. The van der Waals surface area contributed by atoms with Gasteiger partial charge in [0.25, 0.3) is 0 Å². The van der Waals surface area contributed by atoms with Crippen molar-refractivity contribution < 1.29 is 13.2 Å². The molecule has 2 aromatic rings. The van der Waals surface area contributed by atoms with E-state index in [9.17, 15) is 13.2 Å². The number of fused-ring (bicyclic) bond motifs is 1. The molecule has 1 aliphatic rings. The Morgan fingerprint density at radius 3 is 2.79 bits per heavy atom. The minimum absolute atomic E-state index is 0. The predicted octanol–water partition coefficient (Wildman–Crippen LogP) is 4.61. The van der Waals surface area contributed by atoms with Crippen LogP contribution in [-0.4, -0.2) is 31.1 Å². The van der Waals surface area contributed by atoms with Crippen molar-refractivity contribution in [1.82, 2.24) is 15.6 Å². The van der Waals surface area contributed by atoms with Crippen LogP contribution in [0.1, 0.15) is 40.6 Å². The van der Waals surface area contributed by atoms with Gasteiger partial charge < -0.3 is 10.6 Å². The third kappa shape index (κ3) is 6.07. The number of aromatic nitrogens is 1. The number of nitrogens with one attached hydrogen (secondary N) is 2. The minimum Gasteiger partial charge on any atom is -0.356 e. The first kappa shape index (κ1) is 22.9. The van der Waals surface area contributed by atoms with Gasteiger partial charge in [-0.2, -0.15) is 13.2 Å².